The third kappa shape index (κ3) is 10.8. The second-order valence-electron chi connectivity index (χ2n) is 6.90. The molecule has 0 radical (unpaired) electrons. The molecule has 0 aromatic rings. The average molecular weight is 371 g/mol. The maximum atomic E-state index is 12.4. The Bertz CT molecular complexity index is 468. The van der Waals surface area contributed by atoms with Crippen molar-refractivity contribution in [2.45, 2.75) is 77.9 Å². The van der Waals surface area contributed by atoms with E-state index in [2.05, 4.69) is 16.0 Å². The number of aliphatic carboxylic acids is 1. The maximum absolute atomic E-state index is 12.4. The van der Waals surface area contributed by atoms with Crippen molar-refractivity contribution >= 4 is 24.1 Å². The van der Waals surface area contributed by atoms with E-state index >= 15 is 0 Å². The van der Waals surface area contributed by atoms with Crippen molar-refractivity contribution in [2.24, 2.45) is 5.92 Å². The van der Waals surface area contributed by atoms with Crippen LogP contribution >= 0.6 is 0 Å². The second kappa shape index (κ2) is 13.3. The average Bonchev–Trinajstić information content (AvgIpc) is 2.56. The predicted molar refractivity (Wildman–Crippen MR) is 98.6 cm³/mol. The summed E-state index contributed by atoms with van der Waals surface area (Å²) in [6, 6.07) is -2.09. The number of carbonyl (C=O) groups is 4. The molecule has 0 aliphatic carbocycles. The first-order chi connectivity index (χ1) is 12.2. The monoisotopic (exact) mass is 371 g/mol. The molecule has 0 unspecified atom stereocenters. The van der Waals surface area contributed by atoms with Crippen LogP contribution in [0, 0.1) is 5.92 Å². The Kier molecular flexibility index (Phi) is 12.3. The Morgan fingerprint density at radius 1 is 1.08 bits per heavy atom. The predicted octanol–water partition coefficient (Wildman–Crippen LogP) is 0.844. The molecule has 0 aromatic carbocycles. The van der Waals surface area contributed by atoms with Crippen LogP contribution in [0.15, 0.2) is 0 Å². The molecule has 0 saturated heterocycles. The summed E-state index contributed by atoms with van der Waals surface area (Å²) in [4.78, 5) is 46.4. The summed E-state index contributed by atoms with van der Waals surface area (Å²) in [7, 11) is 0. The summed E-state index contributed by atoms with van der Waals surface area (Å²) in [5, 5.41) is 17.1. The summed E-state index contributed by atoms with van der Waals surface area (Å²) in [6.07, 6.45) is 3.03. The van der Waals surface area contributed by atoms with Crippen molar-refractivity contribution in [1.82, 2.24) is 16.0 Å². The topological polar surface area (TPSA) is 125 Å². The molecule has 26 heavy (non-hydrogen) atoms. The summed E-state index contributed by atoms with van der Waals surface area (Å²) < 4.78 is 0. The van der Waals surface area contributed by atoms with E-state index in [0.29, 0.717) is 19.3 Å². The van der Waals surface area contributed by atoms with E-state index in [1.165, 1.54) is 6.92 Å². The zero-order chi connectivity index (χ0) is 20.1. The Labute approximate surface area is 155 Å². The van der Waals surface area contributed by atoms with E-state index in [1.54, 1.807) is 0 Å². The standard InChI is InChI=1S/C18H33N3O5/c1-5-6-9-19-15(7-8-16(23)24)18(26)20-13(4)17(25)21-14(11-22)10-12(2)3/h11-15,19H,5-10H2,1-4H3,(H,20,26)(H,21,25)(H,23,24)/t13-,14-,15-/m0/s1. The highest BCUT2D eigenvalue weighted by atomic mass is 16.4. The highest BCUT2D eigenvalue weighted by Crippen LogP contribution is 2.04. The lowest BCUT2D eigenvalue weighted by molar-refractivity contribution is -0.137. The number of rotatable bonds is 14. The quantitative estimate of drug-likeness (QED) is 0.265. The minimum Gasteiger partial charge on any atom is -0.481 e. The van der Waals surface area contributed by atoms with Gasteiger partial charge in [-0.15, -0.1) is 0 Å². The number of hydrogen-bond acceptors (Lipinski definition) is 5. The summed E-state index contributed by atoms with van der Waals surface area (Å²) in [6.45, 7) is 8.04. The number of hydrogen-bond donors (Lipinski definition) is 4. The first-order valence-electron chi connectivity index (χ1n) is 9.22. The van der Waals surface area contributed by atoms with Gasteiger partial charge in [0.05, 0.1) is 12.1 Å². The number of amides is 2. The van der Waals surface area contributed by atoms with Crippen molar-refractivity contribution in [3.63, 3.8) is 0 Å². The van der Waals surface area contributed by atoms with Crippen molar-refractivity contribution in [3.8, 4) is 0 Å². The van der Waals surface area contributed by atoms with Crippen LogP contribution in [0.5, 0.6) is 0 Å². The van der Waals surface area contributed by atoms with E-state index < -0.39 is 35.9 Å². The lowest BCUT2D eigenvalue weighted by Crippen LogP contribution is -2.53. The molecule has 0 aliphatic heterocycles. The van der Waals surface area contributed by atoms with Gasteiger partial charge < -0.3 is 25.9 Å². The molecule has 0 fully saturated rings. The fourth-order valence-corrected chi connectivity index (χ4v) is 2.39. The van der Waals surface area contributed by atoms with Crippen molar-refractivity contribution < 1.29 is 24.3 Å². The van der Waals surface area contributed by atoms with Crippen molar-refractivity contribution in [3.05, 3.63) is 0 Å². The molecule has 8 heteroatoms. The largest absolute Gasteiger partial charge is 0.481 e. The maximum Gasteiger partial charge on any atom is 0.303 e. The van der Waals surface area contributed by atoms with Gasteiger partial charge in [0.1, 0.15) is 12.3 Å². The molecular weight excluding hydrogens is 338 g/mol. The van der Waals surface area contributed by atoms with Crippen LogP contribution in [0.4, 0.5) is 0 Å². The van der Waals surface area contributed by atoms with Crippen LogP contribution in [-0.4, -0.2) is 53.8 Å². The zero-order valence-corrected chi connectivity index (χ0v) is 16.2. The smallest absolute Gasteiger partial charge is 0.303 e. The van der Waals surface area contributed by atoms with Gasteiger partial charge in [-0.2, -0.15) is 0 Å². The highest BCUT2D eigenvalue weighted by Gasteiger charge is 2.24. The molecule has 4 N–H and O–H groups in total. The normalized spacial score (nSPS) is 14.3. The van der Waals surface area contributed by atoms with Gasteiger partial charge >= 0.3 is 5.97 Å². The number of nitrogens with one attached hydrogen (secondary N) is 3. The van der Waals surface area contributed by atoms with Gasteiger partial charge in [0.25, 0.3) is 0 Å². The van der Waals surface area contributed by atoms with Crippen LogP contribution in [0.3, 0.4) is 0 Å². The first kappa shape index (κ1) is 24.0. The van der Waals surface area contributed by atoms with Crippen LogP contribution in [0.25, 0.3) is 0 Å². The molecule has 0 rings (SSSR count). The van der Waals surface area contributed by atoms with E-state index in [0.717, 1.165) is 12.8 Å². The van der Waals surface area contributed by atoms with E-state index in [9.17, 15) is 19.2 Å². The number of carbonyl (C=O) groups excluding carboxylic acids is 3. The van der Waals surface area contributed by atoms with Gasteiger partial charge in [-0.3, -0.25) is 14.4 Å². The Morgan fingerprint density at radius 2 is 1.73 bits per heavy atom. The Hall–Kier alpha value is -1.96. The van der Waals surface area contributed by atoms with Crippen LogP contribution in [-0.2, 0) is 19.2 Å². The fraction of sp³-hybridized carbons (Fsp3) is 0.778. The lowest BCUT2D eigenvalue weighted by atomic mass is 10.0. The zero-order valence-electron chi connectivity index (χ0n) is 16.2. The summed E-state index contributed by atoms with van der Waals surface area (Å²) >= 11 is 0. The number of aldehydes is 1. The molecule has 0 saturated carbocycles. The highest BCUT2D eigenvalue weighted by molar-refractivity contribution is 5.90. The molecule has 0 bridgehead atoms. The van der Waals surface area contributed by atoms with E-state index in [4.69, 9.17) is 5.11 Å². The molecule has 0 aromatic heterocycles. The van der Waals surface area contributed by atoms with Crippen LogP contribution in [0.2, 0.25) is 0 Å². The van der Waals surface area contributed by atoms with Gasteiger partial charge in [0.2, 0.25) is 11.8 Å². The van der Waals surface area contributed by atoms with Crippen molar-refractivity contribution in [2.75, 3.05) is 6.54 Å². The molecule has 150 valence electrons. The third-order valence-corrected chi connectivity index (χ3v) is 3.85. The molecule has 2 amide bonds. The number of carboxylic acid groups (broad SMARTS) is 1. The van der Waals surface area contributed by atoms with Gasteiger partial charge in [0, 0.05) is 6.42 Å². The van der Waals surface area contributed by atoms with Crippen molar-refractivity contribution in [1.29, 1.82) is 0 Å². The Morgan fingerprint density at radius 3 is 2.23 bits per heavy atom. The van der Waals surface area contributed by atoms with E-state index in [-0.39, 0.29) is 18.8 Å². The molecule has 3 atom stereocenters. The number of carboxylic acids is 1. The lowest BCUT2D eigenvalue weighted by Gasteiger charge is -2.22. The molecular formula is C18H33N3O5. The molecule has 0 heterocycles. The van der Waals surface area contributed by atoms with Gasteiger partial charge in [-0.1, -0.05) is 27.2 Å². The molecule has 0 spiro atoms. The summed E-state index contributed by atoms with van der Waals surface area (Å²) in [5.41, 5.74) is 0. The van der Waals surface area contributed by atoms with Gasteiger partial charge in [-0.05, 0) is 38.6 Å². The van der Waals surface area contributed by atoms with Gasteiger partial charge in [-0.25, -0.2) is 0 Å². The molecule has 0 aliphatic rings. The minimum absolute atomic E-state index is 0.139. The summed E-state index contributed by atoms with van der Waals surface area (Å²) in [5.74, 6) is -1.59. The number of unbranched alkanes of at least 4 members (excludes halogenated alkanes) is 1. The fourth-order valence-electron chi connectivity index (χ4n) is 2.39. The van der Waals surface area contributed by atoms with Crippen LogP contribution < -0.4 is 16.0 Å². The Balaban J connectivity index is 4.68. The van der Waals surface area contributed by atoms with Gasteiger partial charge in [0.15, 0.2) is 0 Å². The van der Waals surface area contributed by atoms with E-state index in [1.807, 2.05) is 20.8 Å². The first-order valence-corrected chi connectivity index (χ1v) is 9.22. The molecule has 8 nitrogen and oxygen atoms in total. The van der Waals surface area contributed by atoms with Crippen LogP contribution in [0.1, 0.15) is 59.8 Å². The second-order valence-corrected chi connectivity index (χ2v) is 6.90. The minimum atomic E-state index is -0.978. The third-order valence-electron chi connectivity index (χ3n) is 3.85. The SMILES string of the molecule is CCCCN[C@@H](CCC(=O)O)C(=O)N[C@@H](C)C(=O)N[C@H](C=O)CC(C)C.